The van der Waals surface area contributed by atoms with E-state index in [0.717, 1.165) is 37.1 Å². The molecule has 23 heavy (non-hydrogen) atoms. The predicted octanol–water partition coefficient (Wildman–Crippen LogP) is 3.01. The number of pyridine rings is 1. The van der Waals surface area contributed by atoms with E-state index in [0.29, 0.717) is 17.5 Å². The third-order valence-electron chi connectivity index (χ3n) is 3.93. The van der Waals surface area contributed by atoms with Crippen molar-refractivity contribution in [2.24, 2.45) is 0 Å². The van der Waals surface area contributed by atoms with Crippen molar-refractivity contribution < 1.29 is 9.32 Å². The zero-order valence-corrected chi connectivity index (χ0v) is 14.0. The van der Waals surface area contributed by atoms with Crippen LogP contribution in [0.1, 0.15) is 43.4 Å². The van der Waals surface area contributed by atoms with Crippen LogP contribution in [0, 0.1) is 6.92 Å². The summed E-state index contributed by atoms with van der Waals surface area (Å²) in [5.41, 5.74) is 0. The summed E-state index contributed by atoms with van der Waals surface area (Å²) < 4.78 is 5.10. The van der Waals surface area contributed by atoms with Crippen LogP contribution in [0.25, 0.3) is 0 Å². The Morgan fingerprint density at radius 3 is 2.91 bits per heavy atom. The number of thioether (sulfide) groups is 1. The Bertz CT molecular complexity index is 647. The molecule has 1 atom stereocenters. The number of carbonyl (C=O) groups is 1. The highest BCUT2D eigenvalue weighted by atomic mass is 32.2. The minimum Gasteiger partial charge on any atom is -0.340 e. The number of rotatable bonds is 4. The lowest BCUT2D eigenvalue weighted by Gasteiger charge is -2.27. The molecule has 0 bridgehead atoms. The summed E-state index contributed by atoms with van der Waals surface area (Å²) in [7, 11) is 0. The standard InChI is InChI=1S/C16H20N4O2S/c1-12-18-16(19-22-12)14-5-3-2-4-10-20(14)15(21)11-23-13-6-8-17-9-7-13/h6-9,14H,2-5,10-11H2,1H3/t14-/m1/s1. The van der Waals surface area contributed by atoms with Gasteiger partial charge in [0.15, 0.2) is 5.82 Å². The van der Waals surface area contributed by atoms with Gasteiger partial charge in [-0.05, 0) is 25.0 Å². The molecule has 0 saturated carbocycles. The van der Waals surface area contributed by atoms with E-state index in [-0.39, 0.29) is 11.9 Å². The Labute approximate surface area is 139 Å². The number of carbonyl (C=O) groups excluding carboxylic acids is 1. The molecule has 0 unspecified atom stereocenters. The summed E-state index contributed by atoms with van der Waals surface area (Å²) in [6.45, 7) is 2.53. The van der Waals surface area contributed by atoms with E-state index in [1.165, 1.54) is 11.8 Å². The van der Waals surface area contributed by atoms with Crippen molar-refractivity contribution in [1.29, 1.82) is 0 Å². The van der Waals surface area contributed by atoms with Crippen LogP contribution in [-0.4, -0.2) is 38.2 Å². The molecule has 0 N–H and O–H groups in total. The van der Waals surface area contributed by atoms with E-state index >= 15 is 0 Å². The Morgan fingerprint density at radius 1 is 1.35 bits per heavy atom. The molecule has 0 radical (unpaired) electrons. The van der Waals surface area contributed by atoms with E-state index in [1.54, 1.807) is 19.3 Å². The van der Waals surface area contributed by atoms with Gasteiger partial charge in [-0.1, -0.05) is 18.0 Å². The lowest BCUT2D eigenvalue weighted by molar-refractivity contribution is -0.130. The van der Waals surface area contributed by atoms with Gasteiger partial charge in [-0.3, -0.25) is 9.78 Å². The van der Waals surface area contributed by atoms with Gasteiger partial charge in [0.2, 0.25) is 11.8 Å². The predicted molar refractivity (Wildman–Crippen MR) is 86.9 cm³/mol. The van der Waals surface area contributed by atoms with Crippen LogP contribution in [0.15, 0.2) is 33.9 Å². The molecule has 6 nitrogen and oxygen atoms in total. The van der Waals surface area contributed by atoms with Gasteiger partial charge in [-0.2, -0.15) is 4.98 Å². The molecular weight excluding hydrogens is 312 g/mol. The highest BCUT2D eigenvalue weighted by molar-refractivity contribution is 8.00. The summed E-state index contributed by atoms with van der Waals surface area (Å²) >= 11 is 1.54. The van der Waals surface area contributed by atoms with E-state index in [1.807, 2.05) is 17.0 Å². The van der Waals surface area contributed by atoms with Gasteiger partial charge in [0.05, 0.1) is 11.8 Å². The van der Waals surface area contributed by atoms with E-state index in [4.69, 9.17) is 4.52 Å². The Kier molecular flexibility index (Phi) is 5.27. The van der Waals surface area contributed by atoms with Crippen molar-refractivity contribution in [2.75, 3.05) is 12.3 Å². The first-order valence-electron chi connectivity index (χ1n) is 7.86. The van der Waals surface area contributed by atoms with Crippen molar-refractivity contribution in [2.45, 2.75) is 43.5 Å². The van der Waals surface area contributed by atoms with Crippen molar-refractivity contribution in [3.05, 3.63) is 36.2 Å². The Hall–Kier alpha value is -1.89. The van der Waals surface area contributed by atoms with Gasteiger partial charge < -0.3 is 9.42 Å². The maximum atomic E-state index is 12.7. The molecule has 0 aliphatic carbocycles. The molecule has 0 aromatic carbocycles. The second kappa shape index (κ2) is 7.59. The van der Waals surface area contributed by atoms with Crippen LogP contribution < -0.4 is 0 Å². The molecule has 1 aliphatic heterocycles. The third kappa shape index (κ3) is 4.10. The average molecular weight is 332 g/mol. The number of nitrogens with zero attached hydrogens (tertiary/aromatic N) is 4. The summed E-state index contributed by atoms with van der Waals surface area (Å²) in [6.07, 6.45) is 7.62. The van der Waals surface area contributed by atoms with E-state index < -0.39 is 0 Å². The third-order valence-corrected chi connectivity index (χ3v) is 4.92. The fraction of sp³-hybridized carbons (Fsp3) is 0.500. The quantitative estimate of drug-likeness (QED) is 0.802. The maximum absolute atomic E-state index is 12.7. The molecule has 3 rings (SSSR count). The average Bonchev–Trinajstić information content (AvgIpc) is 2.85. The molecule has 2 aromatic rings. The van der Waals surface area contributed by atoms with Crippen LogP contribution >= 0.6 is 11.8 Å². The van der Waals surface area contributed by atoms with E-state index in [9.17, 15) is 4.79 Å². The van der Waals surface area contributed by atoms with Crippen LogP contribution in [0.3, 0.4) is 0 Å². The first-order valence-corrected chi connectivity index (χ1v) is 8.85. The van der Waals surface area contributed by atoms with Crippen molar-refractivity contribution in [1.82, 2.24) is 20.0 Å². The topological polar surface area (TPSA) is 72.1 Å². The fourth-order valence-corrected chi connectivity index (χ4v) is 3.56. The molecule has 1 aliphatic rings. The molecule has 7 heteroatoms. The highest BCUT2D eigenvalue weighted by Crippen LogP contribution is 2.29. The van der Waals surface area contributed by atoms with Gasteiger partial charge in [0.25, 0.3) is 0 Å². The molecule has 3 heterocycles. The molecule has 1 amide bonds. The minimum atomic E-state index is -0.0690. The zero-order valence-electron chi connectivity index (χ0n) is 13.1. The van der Waals surface area contributed by atoms with Gasteiger partial charge >= 0.3 is 0 Å². The number of likely N-dealkylation sites (tertiary alicyclic amines) is 1. The molecule has 1 saturated heterocycles. The Balaban J connectivity index is 1.70. The largest absolute Gasteiger partial charge is 0.340 e. The Morgan fingerprint density at radius 2 is 2.17 bits per heavy atom. The molecule has 0 spiro atoms. The SMILES string of the molecule is Cc1nc([C@H]2CCCCCN2C(=O)CSc2ccncc2)no1. The van der Waals surface area contributed by atoms with Crippen molar-refractivity contribution >= 4 is 17.7 Å². The normalized spacial score (nSPS) is 18.7. The monoisotopic (exact) mass is 332 g/mol. The van der Waals surface area contributed by atoms with E-state index in [2.05, 4.69) is 15.1 Å². The molecule has 2 aromatic heterocycles. The minimum absolute atomic E-state index is 0.0690. The van der Waals surface area contributed by atoms with Gasteiger partial charge in [0, 0.05) is 30.8 Å². The van der Waals surface area contributed by atoms with Crippen LogP contribution in [0.5, 0.6) is 0 Å². The smallest absolute Gasteiger partial charge is 0.233 e. The number of aromatic nitrogens is 3. The number of aryl methyl sites for hydroxylation is 1. The van der Waals surface area contributed by atoms with Gasteiger partial charge in [-0.15, -0.1) is 11.8 Å². The lowest BCUT2D eigenvalue weighted by atomic mass is 10.1. The fourth-order valence-electron chi connectivity index (χ4n) is 2.79. The zero-order chi connectivity index (χ0) is 16.1. The van der Waals surface area contributed by atoms with Gasteiger partial charge in [-0.25, -0.2) is 0 Å². The van der Waals surface area contributed by atoms with Crippen LogP contribution in [0.4, 0.5) is 0 Å². The number of hydrogen-bond donors (Lipinski definition) is 0. The van der Waals surface area contributed by atoms with Crippen LogP contribution in [-0.2, 0) is 4.79 Å². The van der Waals surface area contributed by atoms with Crippen molar-refractivity contribution in [3.8, 4) is 0 Å². The van der Waals surface area contributed by atoms with Crippen molar-refractivity contribution in [3.63, 3.8) is 0 Å². The summed E-state index contributed by atoms with van der Waals surface area (Å²) in [4.78, 5) is 24.0. The molecule has 1 fully saturated rings. The number of amides is 1. The first-order chi connectivity index (χ1) is 11.2. The second-order valence-corrected chi connectivity index (χ2v) is 6.64. The number of hydrogen-bond acceptors (Lipinski definition) is 6. The molecule has 122 valence electrons. The lowest BCUT2D eigenvalue weighted by Crippen LogP contribution is -2.36. The summed E-state index contributed by atoms with van der Waals surface area (Å²) in [6, 6.07) is 3.77. The van der Waals surface area contributed by atoms with Crippen LogP contribution in [0.2, 0.25) is 0 Å². The first kappa shape index (κ1) is 16.0. The highest BCUT2D eigenvalue weighted by Gasteiger charge is 2.29. The maximum Gasteiger partial charge on any atom is 0.233 e. The molecular formula is C16H20N4O2S. The summed E-state index contributed by atoms with van der Waals surface area (Å²) in [5.74, 6) is 1.72. The second-order valence-electron chi connectivity index (χ2n) is 5.60. The summed E-state index contributed by atoms with van der Waals surface area (Å²) in [5, 5.41) is 4.04. The van der Waals surface area contributed by atoms with Gasteiger partial charge in [0.1, 0.15) is 0 Å².